The Balaban J connectivity index is 1.29. The minimum atomic E-state index is -1.56. The highest BCUT2D eigenvalue weighted by atomic mass is 32.2. The van der Waals surface area contributed by atoms with E-state index in [2.05, 4.69) is 15.5 Å². The lowest BCUT2D eigenvalue weighted by molar-refractivity contribution is -0.151. The number of thioether (sulfide) groups is 2. The van der Waals surface area contributed by atoms with Crippen molar-refractivity contribution in [3.8, 4) is 0 Å². The first-order chi connectivity index (χ1) is 19.0. The number of rotatable bonds is 9. The zero-order valence-corrected chi connectivity index (χ0v) is 22.0. The minimum Gasteiger partial charge on any atom is -0.480 e. The summed E-state index contributed by atoms with van der Waals surface area (Å²) in [4.78, 5) is 62.1. The Morgan fingerprint density at radius 2 is 1.95 bits per heavy atom. The van der Waals surface area contributed by atoms with Gasteiger partial charge in [0.15, 0.2) is 11.8 Å². The monoisotopic (exact) mass is 587 g/mol. The van der Waals surface area contributed by atoms with Crippen LogP contribution in [0.2, 0.25) is 0 Å². The Morgan fingerprint density at radius 3 is 2.65 bits per heavy atom. The van der Waals surface area contributed by atoms with E-state index in [0.717, 1.165) is 25.9 Å². The van der Waals surface area contributed by atoms with Crippen molar-refractivity contribution in [1.29, 1.82) is 0 Å². The smallest absolute Gasteiger partial charge is 0.367 e. The van der Waals surface area contributed by atoms with E-state index in [0.29, 0.717) is 16.3 Å². The zero-order valence-electron chi connectivity index (χ0n) is 20.3. The van der Waals surface area contributed by atoms with Gasteiger partial charge in [0.25, 0.3) is 11.8 Å². The van der Waals surface area contributed by atoms with Gasteiger partial charge in [-0.3, -0.25) is 19.3 Å². The van der Waals surface area contributed by atoms with Gasteiger partial charge in [-0.2, -0.15) is 14.3 Å². The van der Waals surface area contributed by atoms with Gasteiger partial charge in [-0.15, -0.1) is 28.6 Å². The van der Waals surface area contributed by atoms with Crippen LogP contribution in [0.25, 0.3) is 5.65 Å². The van der Waals surface area contributed by atoms with Crippen LogP contribution in [-0.4, -0.2) is 86.3 Å². The summed E-state index contributed by atoms with van der Waals surface area (Å²) >= 11 is 2.39. The molecule has 0 radical (unpaired) electrons. The molecule has 40 heavy (non-hydrogen) atoms. The number of nitrogens with two attached hydrogens (primary N) is 1. The van der Waals surface area contributed by atoms with E-state index in [1.165, 1.54) is 30.0 Å². The van der Waals surface area contributed by atoms with Crippen molar-refractivity contribution >= 4 is 58.6 Å². The van der Waals surface area contributed by atoms with Crippen molar-refractivity contribution in [1.82, 2.24) is 29.6 Å². The van der Waals surface area contributed by atoms with Gasteiger partial charge in [0.1, 0.15) is 28.7 Å². The number of aliphatic hydroxyl groups is 1. The second-order valence-corrected chi connectivity index (χ2v) is 10.9. The van der Waals surface area contributed by atoms with Gasteiger partial charge in [0, 0.05) is 17.2 Å². The minimum absolute atomic E-state index is 0.132. The molecule has 1 fully saturated rings. The SMILES string of the molecule is Nc1cccc(C(O)C(=O)NC2C(=O)N3C(C(=O)O)=C(CSc4ccc5nn(CC(=O)O)c(=O)n5n4)CS[C@@H]23)c1. The summed E-state index contributed by atoms with van der Waals surface area (Å²) in [6, 6.07) is 8.16. The molecule has 0 spiro atoms. The Bertz CT molecular complexity index is 1650. The number of carboxylic acid groups (broad SMARTS) is 2. The fraction of sp³-hybridized carbons (Fsp3) is 0.261. The predicted molar refractivity (Wildman–Crippen MR) is 141 cm³/mol. The van der Waals surface area contributed by atoms with E-state index in [4.69, 9.17) is 10.8 Å². The van der Waals surface area contributed by atoms with E-state index in [9.17, 15) is 34.2 Å². The van der Waals surface area contributed by atoms with Crippen molar-refractivity contribution in [3.63, 3.8) is 0 Å². The molecule has 0 aliphatic carbocycles. The maximum Gasteiger partial charge on any atom is 0.367 e. The first-order valence-electron chi connectivity index (χ1n) is 11.6. The van der Waals surface area contributed by atoms with Crippen molar-refractivity contribution in [2.45, 2.75) is 29.1 Å². The highest BCUT2D eigenvalue weighted by molar-refractivity contribution is 8.01. The third-order valence-corrected chi connectivity index (χ3v) is 8.46. The molecule has 15 nitrogen and oxygen atoms in total. The average Bonchev–Trinajstić information content (AvgIpc) is 3.22. The van der Waals surface area contributed by atoms with Crippen LogP contribution in [0.5, 0.6) is 0 Å². The summed E-state index contributed by atoms with van der Waals surface area (Å²) in [5.74, 6) is -3.61. The quantitative estimate of drug-likeness (QED) is 0.117. The Labute approximate surface area is 232 Å². The maximum absolute atomic E-state index is 12.9. The number of hydrogen-bond acceptors (Lipinski definition) is 11. The van der Waals surface area contributed by atoms with Crippen molar-refractivity contribution in [2.75, 3.05) is 17.2 Å². The van der Waals surface area contributed by atoms with E-state index < -0.39 is 53.5 Å². The fourth-order valence-electron chi connectivity index (χ4n) is 4.27. The second kappa shape index (κ2) is 10.7. The molecule has 1 aromatic carbocycles. The van der Waals surface area contributed by atoms with Gasteiger partial charge < -0.3 is 26.4 Å². The second-order valence-electron chi connectivity index (χ2n) is 8.79. The molecule has 2 aliphatic heterocycles. The number of nitrogen functional groups attached to an aromatic ring is 1. The summed E-state index contributed by atoms with van der Waals surface area (Å²) in [5.41, 5.74) is 5.97. The molecule has 2 aliphatic rings. The van der Waals surface area contributed by atoms with E-state index in [1.807, 2.05) is 0 Å². The van der Waals surface area contributed by atoms with Crippen LogP contribution in [0, 0.1) is 0 Å². The van der Waals surface area contributed by atoms with Gasteiger partial charge in [0.2, 0.25) is 0 Å². The number of anilines is 1. The van der Waals surface area contributed by atoms with E-state index >= 15 is 0 Å². The highest BCUT2D eigenvalue weighted by Gasteiger charge is 2.54. The number of fused-ring (bicyclic) bond motifs is 2. The topological polar surface area (TPSA) is 222 Å². The van der Waals surface area contributed by atoms with Crippen LogP contribution >= 0.6 is 23.5 Å². The molecule has 17 heteroatoms. The van der Waals surface area contributed by atoms with Crippen LogP contribution in [0.15, 0.2) is 57.5 Å². The van der Waals surface area contributed by atoms with Gasteiger partial charge in [0.05, 0.1) is 0 Å². The summed E-state index contributed by atoms with van der Waals surface area (Å²) in [5, 5.41) is 39.5. The molecular weight excluding hydrogens is 566 g/mol. The lowest BCUT2D eigenvalue weighted by Crippen LogP contribution is -2.70. The van der Waals surface area contributed by atoms with Crippen LogP contribution in [0.4, 0.5) is 5.69 Å². The molecule has 3 atom stereocenters. The van der Waals surface area contributed by atoms with Gasteiger partial charge in [-0.05, 0) is 35.4 Å². The molecule has 6 N–H and O–H groups in total. The molecule has 208 valence electrons. The number of amides is 2. The number of nitrogens with zero attached hydrogens (tertiary/aromatic N) is 5. The molecule has 3 aromatic rings. The number of aromatic nitrogens is 4. The highest BCUT2D eigenvalue weighted by Crippen LogP contribution is 2.41. The van der Waals surface area contributed by atoms with Crippen molar-refractivity contribution < 1.29 is 34.5 Å². The van der Waals surface area contributed by atoms with Gasteiger partial charge in [-0.1, -0.05) is 12.1 Å². The molecule has 2 amide bonds. The summed E-state index contributed by atoms with van der Waals surface area (Å²) in [6.45, 7) is -0.622. The Morgan fingerprint density at radius 1 is 1.18 bits per heavy atom. The molecule has 2 unspecified atom stereocenters. The molecule has 2 aromatic heterocycles. The van der Waals surface area contributed by atoms with E-state index in [1.54, 1.807) is 18.2 Å². The lowest BCUT2D eigenvalue weighted by Gasteiger charge is -2.49. The van der Waals surface area contributed by atoms with Crippen LogP contribution in [-0.2, 0) is 25.7 Å². The first kappa shape index (κ1) is 27.2. The molecule has 0 bridgehead atoms. The number of carbonyl (C=O) groups excluding carboxylic acids is 2. The summed E-state index contributed by atoms with van der Waals surface area (Å²) in [6.07, 6.45) is -1.56. The fourth-order valence-corrected chi connectivity index (χ4v) is 6.61. The number of β-lactam (4-membered cyclic amide) rings is 1. The Kier molecular flexibility index (Phi) is 7.26. The third-order valence-electron chi connectivity index (χ3n) is 6.12. The number of carboxylic acids is 2. The predicted octanol–water partition coefficient (Wildman–Crippen LogP) is -0.878. The molecule has 1 saturated heterocycles. The number of hydrogen-bond donors (Lipinski definition) is 5. The molecular formula is C23H21N7O8S2. The largest absolute Gasteiger partial charge is 0.480 e. The third kappa shape index (κ3) is 5.01. The number of aliphatic carboxylic acids is 2. The van der Waals surface area contributed by atoms with Crippen LogP contribution in [0.1, 0.15) is 11.7 Å². The molecule has 5 rings (SSSR count). The van der Waals surface area contributed by atoms with Gasteiger partial charge in [-0.25, -0.2) is 9.59 Å². The number of benzene rings is 1. The van der Waals surface area contributed by atoms with Crippen molar-refractivity contribution in [2.24, 2.45) is 0 Å². The normalized spacial score (nSPS) is 19.2. The first-order valence-corrected chi connectivity index (χ1v) is 13.6. The summed E-state index contributed by atoms with van der Waals surface area (Å²) in [7, 11) is 0. The Hall–Kier alpha value is -4.35. The van der Waals surface area contributed by atoms with Crippen molar-refractivity contribution in [3.05, 3.63) is 63.7 Å². The lowest BCUT2D eigenvalue weighted by atomic mass is 10.0. The standard InChI is InChI=1S/C23H21N7O8S2/c24-12-3-1-2-10(6-12)18(33)19(34)25-16-20(35)29-17(22(36)37)11(9-40-21(16)29)8-39-14-5-4-13-26-28(7-15(31)32)23(38)30(13)27-14/h1-6,16,18,21,33H,7-9,24H2,(H,25,34)(H,31,32)(H,36,37)/t16?,18?,21-/m0/s1. The van der Waals surface area contributed by atoms with E-state index in [-0.39, 0.29) is 28.4 Å². The van der Waals surface area contributed by atoms with Crippen LogP contribution in [0.3, 0.4) is 0 Å². The van der Waals surface area contributed by atoms with Gasteiger partial charge >= 0.3 is 17.6 Å². The number of nitrogens with one attached hydrogen (secondary N) is 1. The maximum atomic E-state index is 12.9. The average molecular weight is 588 g/mol. The molecule has 0 saturated carbocycles. The number of carbonyl (C=O) groups is 4. The number of aliphatic hydroxyl groups excluding tert-OH is 1. The van der Waals surface area contributed by atoms with Crippen LogP contribution < -0.4 is 16.7 Å². The summed E-state index contributed by atoms with van der Waals surface area (Å²) < 4.78 is 1.72. The molecule has 4 heterocycles. The zero-order chi connectivity index (χ0) is 28.7.